The minimum atomic E-state index is -0.875. The first-order chi connectivity index (χ1) is 7.37. The molecule has 2 amide bonds. The molecule has 0 heterocycles. The first-order valence-corrected chi connectivity index (χ1v) is 5.15. The van der Waals surface area contributed by atoms with E-state index in [1.807, 2.05) is 0 Å². The van der Waals surface area contributed by atoms with Crippen molar-refractivity contribution in [2.24, 2.45) is 5.41 Å². The van der Waals surface area contributed by atoms with E-state index in [1.165, 1.54) is 6.92 Å². The quantitative estimate of drug-likeness (QED) is 0.590. The lowest BCUT2D eigenvalue weighted by Gasteiger charge is -2.15. The Balaban J connectivity index is 2.35. The van der Waals surface area contributed by atoms with E-state index in [0.29, 0.717) is 12.8 Å². The lowest BCUT2D eigenvalue weighted by atomic mass is 10.1. The van der Waals surface area contributed by atoms with Crippen molar-refractivity contribution >= 4 is 17.8 Å². The highest BCUT2D eigenvalue weighted by molar-refractivity contribution is 5.87. The van der Waals surface area contributed by atoms with E-state index in [9.17, 15) is 14.4 Å². The Morgan fingerprint density at radius 1 is 1.38 bits per heavy atom. The van der Waals surface area contributed by atoms with E-state index < -0.39 is 17.4 Å². The number of carbonyl (C=O) groups excluding carboxylic acids is 2. The normalized spacial score (nSPS) is 18.4. The van der Waals surface area contributed by atoms with Gasteiger partial charge in [-0.15, -0.1) is 0 Å². The Kier molecular flexibility index (Phi) is 3.51. The van der Waals surface area contributed by atoms with Gasteiger partial charge >= 0.3 is 5.97 Å². The van der Waals surface area contributed by atoms with Crippen molar-refractivity contribution in [3.63, 3.8) is 0 Å². The van der Waals surface area contributed by atoms with Crippen LogP contribution in [-0.2, 0) is 14.4 Å². The summed E-state index contributed by atoms with van der Waals surface area (Å²) in [7, 11) is 0. The number of aliphatic carboxylic acids is 1. The average Bonchev–Trinajstić information content (AvgIpc) is 2.93. The molecule has 6 heteroatoms. The summed E-state index contributed by atoms with van der Waals surface area (Å²) in [5.41, 5.74) is -0.772. The van der Waals surface area contributed by atoms with Crippen LogP contribution in [0, 0.1) is 5.41 Å². The fourth-order valence-electron chi connectivity index (χ4n) is 1.40. The fourth-order valence-corrected chi connectivity index (χ4v) is 1.40. The minimum Gasteiger partial charge on any atom is -0.481 e. The molecule has 0 saturated heterocycles. The number of hydrogen-bond donors (Lipinski definition) is 3. The maximum atomic E-state index is 11.5. The van der Waals surface area contributed by atoms with Crippen molar-refractivity contribution in [2.75, 3.05) is 6.54 Å². The third-order valence-corrected chi connectivity index (χ3v) is 2.72. The Morgan fingerprint density at radius 2 is 1.94 bits per heavy atom. The van der Waals surface area contributed by atoms with Crippen molar-refractivity contribution in [1.82, 2.24) is 10.6 Å². The third-order valence-electron chi connectivity index (χ3n) is 2.72. The highest BCUT2D eigenvalue weighted by Gasteiger charge is 2.50. The van der Waals surface area contributed by atoms with Crippen LogP contribution in [0.3, 0.4) is 0 Å². The molecule has 1 saturated carbocycles. The van der Waals surface area contributed by atoms with Gasteiger partial charge in [-0.1, -0.05) is 0 Å². The van der Waals surface area contributed by atoms with Gasteiger partial charge in [0.1, 0.15) is 6.04 Å². The van der Waals surface area contributed by atoms with Crippen LogP contribution in [0.5, 0.6) is 0 Å². The molecule has 0 spiro atoms. The summed E-state index contributed by atoms with van der Waals surface area (Å²) in [6, 6.07) is -0.637. The van der Waals surface area contributed by atoms with Crippen LogP contribution < -0.4 is 10.6 Å². The second-order valence-electron chi connectivity index (χ2n) is 4.23. The molecule has 1 rings (SSSR count). The summed E-state index contributed by atoms with van der Waals surface area (Å²) in [5, 5.41) is 13.8. The SMILES string of the molecule is CC(=O)NC(C)C(=O)NCC1(C(=O)O)CC1. The Labute approximate surface area is 93.4 Å². The summed E-state index contributed by atoms with van der Waals surface area (Å²) in [4.78, 5) is 33.0. The number of amides is 2. The molecule has 1 unspecified atom stereocenters. The second kappa shape index (κ2) is 4.51. The number of nitrogens with one attached hydrogen (secondary N) is 2. The van der Waals surface area contributed by atoms with Crippen molar-refractivity contribution in [1.29, 1.82) is 0 Å². The molecular weight excluding hydrogens is 212 g/mol. The first-order valence-electron chi connectivity index (χ1n) is 5.15. The van der Waals surface area contributed by atoms with E-state index in [4.69, 9.17) is 5.11 Å². The third kappa shape index (κ3) is 2.95. The maximum Gasteiger partial charge on any atom is 0.311 e. The van der Waals surface area contributed by atoms with Gasteiger partial charge in [0.2, 0.25) is 11.8 Å². The zero-order chi connectivity index (χ0) is 12.3. The summed E-state index contributed by atoms with van der Waals surface area (Å²) < 4.78 is 0. The highest BCUT2D eigenvalue weighted by Crippen LogP contribution is 2.45. The smallest absolute Gasteiger partial charge is 0.311 e. The molecule has 1 aliphatic carbocycles. The number of carbonyl (C=O) groups is 3. The van der Waals surface area contributed by atoms with Gasteiger partial charge in [-0.3, -0.25) is 14.4 Å². The van der Waals surface area contributed by atoms with Crippen LogP contribution in [0.2, 0.25) is 0 Å². The van der Waals surface area contributed by atoms with E-state index in [-0.39, 0.29) is 18.4 Å². The number of rotatable bonds is 5. The molecule has 6 nitrogen and oxygen atoms in total. The topological polar surface area (TPSA) is 95.5 Å². The summed E-state index contributed by atoms with van der Waals surface area (Å²) in [6.07, 6.45) is 1.19. The second-order valence-corrected chi connectivity index (χ2v) is 4.23. The zero-order valence-corrected chi connectivity index (χ0v) is 9.37. The molecule has 0 aromatic rings. The highest BCUT2D eigenvalue weighted by atomic mass is 16.4. The first kappa shape index (κ1) is 12.5. The summed E-state index contributed by atoms with van der Waals surface area (Å²) >= 11 is 0. The monoisotopic (exact) mass is 228 g/mol. The van der Waals surface area contributed by atoms with E-state index in [0.717, 1.165) is 0 Å². The molecule has 0 aromatic heterocycles. The van der Waals surface area contributed by atoms with Crippen LogP contribution in [-0.4, -0.2) is 35.5 Å². The minimum absolute atomic E-state index is 0.130. The van der Waals surface area contributed by atoms with E-state index in [1.54, 1.807) is 6.92 Å². The van der Waals surface area contributed by atoms with Crippen molar-refractivity contribution in [3.05, 3.63) is 0 Å². The van der Waals surface area contributed by atoms with Gasteiger partial charge in [0.25, 0.3) is 0 Å². The Bertz CT molecular complexity index is 323. The molecule has 1 atom stereocenters. The van der Waals surface area contributed by atoms with Gasteiger partial charge in [-0.25, -0.2) is 0 Å². The van der Waals surface area contributed by atoms with E-state index in [2.05, 4.69) is 10.6 Å². The van der Waals surface area contributed by atoms with Gasteiger partial charge < -0.3 is 15.7 Å². The van der Waals surface area contributed by atoms with Crippen LogP contribution in [0.25, 0.3) is 0 Å². The largest absolute Gasteiger partial charge is 0.481 e. The lowest BCUT2D eigenvalue weighted by molar-refractivity contribution is -0.143. The molecule has 0 radical (unpaired) electrons. The molecule has 90 valence electrons. The molecule has 1 fully saturated rings. The van der Waals surface area contributed by atoms with Gasteiger partial charge in [-0.05, 0) is 19.8 Å². The van der Waals surface area contributed by atoms with Crippen molar-refractivity contribution < 1.29 is 19.5 Å². The molecule has 0 aromatic carbocycles. The molecule has 16 heavy (non-hydrogen) atoms. The van der Waals surface area contributed by atoms with Gasteiger partial charge in [0.15, 0.2) is 0 Å². The number of hydrogen-bond acceptors (Lipinski definition) is 3. The maximum absolute atomic E-state index is 11.5. The molecule has 3 N–H and O–H groups in total. The van der Waals surface area contributed by atoms with Gasteiger partial charge in [0, 0.05) is 13.5 Å². The fraction of sp³-hybridized carbons (Fsp3) is 0.700. The van der Waals surface area contributed by atoms with Crippen LogP contribution in [0.15, 0.2) is 0 Å². The zero-order valence-electron chi connectivity index (χ0n) is 9.37. The predicted octanol–water partition coefficient (Wildman–Crippen LogP) is -0.508. The van der Waals surface area contributed by atoms with Crippen LogP contribution in [0.4, 0.5) is 0 Å². The predicted molar refractivity (Wildman–Crippen MR) is 55.6 cm³/mol. The molecule has 0 bridgehead atoms. The number of carboxylic acid groups (broad SMARTS) is 1. The molecule has 1 aliphatic rings. The Hall–Kier alpha value is -1.59. The van der Waals surface area contributed by atoms with Gasteiger partial charge in [-0.2, -0.15) is 0 Å². The van der Waals surface area contributed by atoms with Crippen LogP contribution >= 0.6 is 0 Å². The molecule has 0 aliphatic heterocycles. The Morgan fingerprint density at radius 3 is 2.31 bits per heavy atom. The average molecular weight is 228 g/mol. The standard InChI is InChI=1S/C10H16N2O4/c1-6(12-7(2)13)8(14)11-5-10(3-4-10)9(15)16/h6H,3-5H2,1-2H3,(H,11,14)(H,12,13)(H,15,16). The van der Waals surface area contributed by atoms with Gasteiger partial charge in [0.05, 0.1) is 5.41 Å². The van der Waals surface area contributed by atoms with E-state index >= 15 is 0 Å². The summed E-state index contributed by atoms with van der Waals surface area (Å²) in [5.74, 6) is -1.52. The van der Waals surface area contributed by atoms with Crippen LogP contribution in [0.1, 0.15) is 26.7 Å². The summed E-state index contributed by atoms with van der Waals surface area (Å²) in [6.45, 7) is 3.01. The number of carboxylic acids is 1. The van der Waals surface area contributed by atoms with Crippen molar-refractivity contribution in [3.8, 4) is 0 Å². The lowest BCUT2D eigenvalue weighted by Crippen LogP contribution is -2.46. The molecular formula is C10H16N2O4. The van der Waals surface area contributed by atoms with Crippen molar-refractivity contribution in [2.45, 2.75) is 32.7 Å².